The van der Waals surface area contributed by atoms with Crippen LogP contribution in [-0.2, 0) is 11.3 Å². The number of nitrogens with zero attached hydrogens (tertiary/aromatic N) is 2. The van der Waals surface area contributed by atoms with Crippen molar-refractivity contribution in [1.29, 1.82) is 0 Å². The standard InChI is InChI=1S/C19H19BrClFN2O3/c1-4-24(2)11-23-17-9-18(26-3)14(8-15(17)20)19(25)27-10-12-5-6-13(22)7-16(12)21/h5-9,11H,4,10H2,1-3H3/b23-11+. The maximum absolute atomic E-state index is 13.1. The molecule has 0 fully saturated rings. The Hall–Kier alpha value is -2.12. The van der Waals surface area contributed by atoms with Crippen LogP contribution in [0.4, 0.5) is 10.1 Å². The number of carbonyl (C=O) groups excluding carboxylic acids is 1. The SMILES string of the molecule is CCN(C)/C=N/c1cc(OC)c(C(=O)OCc2ccc(F)cc2Cl)cc1Br. The fraction of sp³-hybridized carbons (Fsp3) is 0.263. The Kier molecular flexibility index (Phi) is 7.62. The van der Waals surface area contributed by atoms with Gasteiger partial charge in [-0.1, -0.05) is 17.7 Å². The summed E-state index contributed by atoms with van der Waals surface area (Å²) in [6.45, 7) is 2.74. The van der Waals surface area contributed by atoms with Gasteiger partial charge in [0.05, 0.1) is 24.2 Å². The molecule has 0 aliphatic rings. The second-order valence-electron chi connectivity index (χ2n) is 5.63. The summed E-state index contributed by atoms with van der Waals surface area (Å²) in [4.78, 5) is 18.7. The van der Waals surface area contributed by atoms with E-state index in [1.807, 2.05) is 18.9 Å². The van der Waals surface area contributed by atoms with Gasteiger partial charge in [0.25, 0.3) is 0 Å². The lowest BCUT2D eigenvalue weighted by atomic mass is 10.2. The Bertz CT molecular complexity index is 861. The average Bonchev–Trinajstić information content (AvgIpc) is 2.65. The maximum Gasteiger partial charge on any atom is 0.342 e. The van der Waals surface area contributed by atoms with E-state index in [4.69, 9.17) is 21.1 Å². The van der Waals surface area contributed by atoms with Gasteiger partial charge in [-0.05, 0) is 41.1 Å². The number of benzene rings is 2. The van der Waals surface area contributed by atoms with Gasteiger partial charge in [0, 0.05) is 29.7 Å². The van der Waals surface area contributed by atoms with E-state index in [-0.39, 0.29) is 17.2 Å². The van der Waals surface area contributed by atoms with Gasteiger partial charge in [0.2, 0.25) is 0 Å². The third kappa shape index (κ3) is 5.68. The zero-order valence-corrected chi connectivity index (χ0v) is 17.5. The van der Waals surface area contributed by atoms with Crippen LogP contribution in [0.25, 0.3) is 0 Å². The van der Waals surface area contributed by atoms with Crippen molar-refractivity contribution in [3.05, 3.63) is 56.8 Å². The highest BCUT2D eigenvalue weighted by molar-refractivity contribution is 9.10. The van der Waals surface area contributed by atoms with Crippen LogP contribution >= 0.6 is 27.5 Å². The molecular formula is C19H19BrClFN2O3. The Morgan fingerprint density at radius 2 is 2.11 bits per heavy atom. The van der Waals surface area contributed by atoms with Gasteiger partial charge in [-0.2, -0.15) is 0 Å². The second kappa shape index (κ2) is 9.71. The quantitative estimate of drug-likeness (QED) is 0.325. The summed E-state index contributed by atoms with van der Waals surface area (Å²) in [5.74, 6) is -0.709. The van der Waals surface area contributed by atoms with Crippen LogP contribution in [0.15, 0.2) is 39.8 Å². The fourth-order valence-electron chi connectivity index (χ4n) is 2.07. The second-order valence-corrected chi connectivity index (χ2v) is 6.90. The van der Waals surface area contributed by atoms with Crippen molar-refractivity contribution in [1.82, 2.24) is 4.90 Å². The first-order valence-electron chi connectivity index (χ1n) is 8.08. The van der Waals surface area contributed by atoms with Crippen LogP contribution in [0.2, 0.25) is 5.02 Å². The molecule has 0 amide bonds. The molecule has 0 aliphatic heterocycles. The van der Waals surface area contributed by atoms with E-state index in [1.165, 1.54) is 25.3 Å². The molecule has 0 saturated carbocycles. The number of methoxy groups -OCH3 is 1. The molecule has 0 radical (unpaired) electrons. The molecule has 0 N–H and O–H groups in total. The van der Waals surface area contributed by atoms with E-state index in [0.29, 0.717) is 21.5 Å². The summed E-state index contributed by atoms with van der Waals surface area (Å²) in [6, 6.07) is 7.13. The smallest absolute Gasteiger partial charge is 0.342 e. The maximum atomic E-state index is 13.1. The van der Waals surface area contributed by atoms with Crippen LogP contribution in [-0.4, -0.2) is 37.9 Å². The predicted molar refractivity (Wildman–Crippen MR) is 108 cm³/mol. The van der Waals surface area contributed by atoms with E-state index in [1.54, 1.807) is 18.5 Å². The van der Waals surface area contributed by atoms with Gasteiger partial charge in [0.15, 0.2) is 0 Å². The summed E-state index contributed by atoms with van der Waals surface area (Å²) in [5, 5.41) is 0.195. The molecule has 0 heterocycles. The van der Waals surface area contributed by atoms with Crippen molar-refractivity contribution in [2.45, 2.75) is 13.5 Å². The summed E-state index contributed by atoms with van der Waals surface area (Å²) in [7, 11) is 3.36. The minimum atomic E-state index is -0.589. The van der Waals surface area contributed by atoms with E-state index in [9.17, 15) is 9.18 Å². The first-order valence-corrected chi connectivity index (χ1v) is 9.25. The van der Waals surface area contributed by atoms with Crippen molar-refractivity contribution < 1.29 is 18.7 Å². The normalized spacial score (nSPS) is 10.9. The van der Waals surface area contributed by atoms with E-state index >= 15 is 0 Å². The lowest BCUT2D eigenvalue weighted by molar-refractivity contribution is 0.0469. The van der Waals surface area contributed by atoms with Crippen molar-refractivity contribution in [3.63, 3.8) is 0 Å². The van der Waals surface area contributed by atoms with Crippen molar-refractivity contribution in [2.75, 3.05) is 20.7 Å². The molecule has 0 saturated heterocycles. The molecule has 2 aromatic carbocycles. The van der Waals surface area contributed by atoms with Crippen LogP contribution in [0.3, 0.4) is 0 Å². The Labute approximate surface area is 170 Å². The molecule has 2 rings (SSSR count). The molecule has 27 heavy (non-hydrogen) atoms. The van der Waals surface area contributed by atoms with Crippen molar-refractivity contribution in [2.24, 2.45) is 4.99 Å². The molecule has 0 unspecified atom stereocenters. The van der Waals surface area contributed by atoms with Gasteiger partial charge < -0.3 is 14.4 Å². The number of carbonyl (C=O) groups is 1. The third-order valence-corrected chi connectivity index (χ3v) is 4.74. The summed E-state index contributed by atoms with van der Waals surface area (Å²) >= 11 is 9.36. The highest BCUT2D eigenvalue weighted by Crippen LogP contribution is 2.33. The van der Waals surface area contributed by atoms with E-state index < -0.39 is 11.8 Å². The first-order chi connectivity index (χ1) is 12.8. The van der Waals surface area contributed by atoms with Crippen LogP contribution in [0.1, 0.15) is 22.8 Å². The number of ether oxygens (including phenoxy) is 2. The predicted octanol–water partition coefficient (Wildman–Crippen LogP) is 5.22. The van der Waals surface area contributed by atoms with Gasteiger partial charge in [-0.15, -0.1) is 0 Å². The zero-order valence-electron chi connectivity index (χ0n) is 15.1. The number of esters is 1. The van der Waals surface area contributed by atoms with Gasteiger partial charge in [-0.3, -0.25) is 0 Å². The monoisotopic (exact) mass is 456 g/mol. The number of halogens is 3. The fourth-order valence-corrected chi connectivity index (χ4v) is 2.74. The topological polar surface area (TPSA) is 51.1 Å². The van der Waals surface area contributed by atoms with Crippen molar-refractivity contribution >= 4 is 45.5 Å². The van der Waals surface area contributed by atoms with Gasteiger partial charge in [-0.25, -0.2) is 14.2 Å². The molecule has 144 valence electrons. The zero-order chi connectivity index (χ0) is 20.0. The largest absolute Gasteiger partial charge is 0.496 e. The molecule has 0 aliphatic carbocycles. The third-order valence-electron chi connectivity index (χ3n) is 3.76. The molecule has 2 aromatic rings. The molecule has 0 atom stereocenters. The lowest BCUT2D eigenvalue weighted by Gasteiger charge is -2.12. The summed E-state index contributed by atoms with van der Waals surface area (Å²) in [6.07, 6.45) is 1.69. The number of aliphatic imine (C=N–C) groups is 1. The van der Waals surface area contributed by atoms with Crippen LogP contribution in [0.5, 0.6) is 5.75 Å². The molecular weight excluding hydrogens is 439 g/mol. The lowest BCUT2D eigenvalue weighted by Crippen LogP contribution is -2.14. The Morgan fingerprint density at radius 1 is 1.37 bits per heavy atom. The number of hydrogen-bond donors (Lipinski definition) is 0. The first kappa shape index (κ1) is 21.2. The van der Waals surface area contributed by atoms with Crippen LogP contribution < -0.4 is 4.74 Å². The summed E-state index contributed by atoms with van der Waals surface area (Å²) in [5.41, 5.74) is 1.36. The van der Waals surface area contributed by atoms with Gasteiger partial charge >= 0.3 is 5.97 Å². The molecule has 8 heteroatoms. The summed E-state index contributed by atoms with van der Waals surface area (Å²) < 4.78 is 24.3. The Balaban J connectivity index is 2.20. The minimum absolute atomic E-state index is 0.0834. The number of rotatable bonds is 7. The van der Waals surface area contributed by atoms with Crippen LogP contribution in [0, 0.1) is 5.82 Å². The molecule has 0 spiro atoms. The molecule has 0 aromatic heterocycles. The highest BCUT2D eigenvalue weighted by Gasteiger charge is 2.17. The molecule has 5 nitrogen and oxygen atoms in total. The van der Waals surface area contributed by atoms with Crippen molar-refractivity contribution in [3.8, 4) is 5.75 Å². The molecule has 0 bridgehead atoms. The number of hydrogen-bond acceptors (Lipinski definition) is 4. The van der Waals surface area contributed by atoms with E-state index in [0.717, 1.165) is 6.54 Å². The average molecular weight is 458 g/mol. The highest BCUT2D eigenvalue weighted by atomic mass is 79.9. The Morgan fingerprint density at radius 3 is 2.74 bits per heavy atom. The minimum Gasteiger partial charge on any atom is -0.496 e. The van der Waals surface area contributed by atoms with Gasteiger partial charge in [0.1, 0.15) is 23.7 Å². The van der Waals surface area contributed by atoms with E-state index in [2.05, 4.69) is 20.9 Å².